The summed E-state index contributed by atoms with van der Waals surface area (Å²) in [4.78, 5) is 40.6. The number of carbonyl (C=O) groups is 3. The van der Waals surface area contributed by atoms with Crippen molar-refractivity contribution < 1.29 is 38.5 Å². The summed E-state index contributed by atoms with van der Waals surface area (Å²) in [6.45, 7) is 0.320. The van der Waals surface area contributed by atoms with Gasteiger partial charge in [0.15, 0.2) is 0 Å². The summed E-state index contributed by atoms with van der Waals surface area (Å²) in [5.74, 6) is -2.30. The molecule has 35 heavy (non-hydrogen) atoms. The Balaban J connectivity index is 1.21. The minimum Gasteiger partial charge on any atom is -0.479 e. The standard InChI is InChI=1S/C25H28N2O8/c1-32-14-22(24(29)30)35-27-23(28)15-10-16(33-12-15)11-26-25(31)34-13-21-19-8-4-2-6-17(19)18-7-3-5-9-20(18)21/h2-9,15-16,21-22H,10-14H2,1H3,(H,26,31)(H,27,28)(H,29,30). The normalized spacial score (nSPS) is 19.5. The average Bonchev–Trinajstić information content (AvgIpc) is 3.47. The van der Waals surface area contributed by atoms with Crippen LogP contribution in [0, 0.1) is 5.92 Å². The van der Waals surface area contributed by atoms with Crippen molar-refractivity contribution in [3.63, 3.8) is 0 Å². The van der Waals surface area contributed by atoms with E-state index in [-0.39, 0.29) is 38.4 Å². The number of methoxy groups -OCH3 is 1. The molecule has 3 N–H and O–H groups in total. The van der Waals surface area contributed by atoms with Crippen LogP contribution in [0.1, 0.15) is 23.5 Å². The van der Waals surface area contributed by atoms with Gasteiger partial charge in [0, 0.05) is 19.6 Å². The lowest BCUT2D eigenvalue weighted by atomic mass is 9.98. The Morgan fingerprint density at radius 1 is 1.09 bits per heavy atom. The molecule has 1 saturated heterocycles. The first-order chi connectivity index (χ1) is 17.0. The molecule has 10 heteroatoms. The lowest BCUT2D eigenvalue weighted by Gasteiger charge is -2.16. The molecule has 2 aromatic carbocycles. The SMILES string of the molecule is COCC(ONC(=O)C1COC(CNC(=O)OCC2c3ccccc3-c3ccccc32)C1)C(=O)O. The third-order valence-corrected chi connectivity index (χ3v) is 6.16. The molecule has 0 radical (unpaired) electrons. The lowest BCUT2D eigenvalue weighted by molar-refractivity contribution is -0.166. The van der Waals surface area contributed by atoms with Crippen LogP contribution >= 0.6 is 0 Å². The number of benzene rings is 2. The number of carbonyl (C=O) groups excluding carboxylic acids is 2. The Kier molecular flexibility index (Phi) is 7.96. The van der Waals surface area contributed by atoms with Gasteiger partial charge in [-0.2, -0.15) is 0 Å². The van der Waals surface area contributed by atoms with Crippen LogP contribution in [0.25, 0.3) is 11.1 Å². The largest absolute Gasteiger partial charge is 0.479 e. The van der Waals surface area contributed by atoms with E-state index in [1.165, 1.54) is 7.11 Å². The van der Waals surface area contributed by atoms with Crippen LogP contribution in [0.5, 0.6) is 0 Å². The number of aliphatic carboxylic acids is 1. The first-order valence-electron chi connectivity index (χ1n) is 11.4. The van der Waals surface area contributed by atoms with E-state index in [2.05, 4.69) is 35.1 Å². The molecule has 0 bridgehead atoms. The van der Waals surface area contributed by atoms with Crippen molar-refractivity contribution in [2.45, 2.75) is 24.5 Å². The second kappa shape index (κ2) is 11.3. The molecule has 2 amide bonds. The second-order valence-electron chi connectivity index (χ2n) is 8.46. The molecule has 1 fully saturated rings. The number of carboxylic acid groups (broad SMARTS) is 1. The average molecular weight is 485 g/mol. The molecule has 10 nitrogen and oxygen atoms in total. The van der Waals surface area contributed by atoms with Crippen molar-refractivity contribution in [3.05, 3.63) is 59.7 Å². The molecule has 3 unspecified atom stereocenters. The van der Waals surface area contributed by atoms with Crippen LogP contribution in [0.15, 0.2) is 48.5 Å². The van der Waals surface area contributed by atoms with Gasteiger partial charge in [-0.1, -0.05) is 48.5 Å². The molecule has 1 heterocycles. The highest BCUT2D eigenvalue weighted by molar-refractivity contribution is 5.79. The van der Waals surface area contributed by atoms with Gasteiger partial charge in [0.2, 0.25) is 12.0 Å². The number of ether oxygens (including phenoxy) is 3. The van der Waals surface area contributed by atoms with Gasteiger partial charge in [-0.05, 0) is 28.7 Å². The molecule has 1 aliphatic heterocycles. The van der Waals surface area contributed by atoms with Crippen molar-refractivity contribution in [3.8, 4) is 11.1 Å². The van der Waals surface area contributed by atoms with Crippen LogP contribution in [0.2, 0.25) is 0 Å². The summed E-state index contributed by atoms with van der Waals surface area (Å²) >= 11 is 0. The summed E-state index contributed by atoms with van der Waals surface area (Å²) in [5.41, 5.74) is 6.72. The van der Waals surface area contributed by atoms with Gasteiger partial charge in [0.05, 0.1) is 25.2 Å². The van der Waals surface area contributed by atoms with E-state index in [9.17, 15) is 14.4 Å². The first-order valence-corrected chi connectivity index (χ1v) is 11.4. The first kappa shape index (κ1) is 24.6. The summed E-state index contributed by atoms with van der Waals surface area (Å²) in [6.07, 6.45) is -1.89. The quantitative estimate of drug-likeness (QED) is 0.437. The highest BCUT2D eigenvalue weighted by Gasteiger charge is 2.33. The maximum atomic E-state index is 12.3. The van der Waals surface area contributed by atoms with Crippen molar-refractivity contribution >= 4 is 18.0 Å². The number of carboxylic acids is 1. The van der Waals surface area contributed by atoms with E-state index in [1.807, 2.05) is 24.3 Å². The van der Waals surface area contributed by atoms with Gasteiger partial charge >= 0.3 is 12.1 Å². The fraction of sp³-hybridized carbons (Fsp3) is 0.400. The monoisotopic (exact) mass is 484 g/mol. The predicted molar refractivity (Wildman–Crippen MR) is 123 cm³/mol. The zero-order valence-corrected chi connectivity index (χ0v) is 19.3. The molecule has 2 aliphatic rings. The van der Waals surface area contributed by atoms with Gasteiger partial charge in [0.1, 0.15) is 6.61 Å². The van der Waals surface area contributed by atoms with Crippen molar-refractivity contribution in [2.24, 2.45) is 5.92 Å². The number of alkyl carbamates (subject to hydrolysis) is 1. The van der Waals surface area contributed by atoms with E-state index in [4.69, 9.17) is 24.2 Å². The van der Waals surface area contributed by atoms with Crippen LogP contribution in [-0.2, 0) is 28.6 Å². The number of hydrogen-bond donors (Lipinski definition) is 3. The van der Waals surface area contributed by atoms with E-state index in [0.29, 0.717) is 6.42 Å². The summed E-state index contributed by atoms with van der Waals surface area (Å²) < 4.78 is 15.8. The van der Waals surface area contributed by atoms with E-state index >= 15 is 0 Å². The third-order valence-electron chi connectivity index (χ3n) is 6.16. The maximum Gasteiger partial charge on any atom is 0.407 e. The second-order valence-corrected chi connectivity index (χ2v) is 8.46. The Hall–Kier alpha value is -3.47. The minimum atomic E-state index is -1.31. The zero-order chi connectivity index (χ0) is 24.8. The van der Waals surface area contributed by atoms with Crippen LogP contribution < -0.4 is 10.8 Å². The van der Waals surface area contributed by atoms with Gasteiger partial charge in [-0.3, -0.25) is 9.63 Å². The number of nitrogens with one attached hydrogen (secondary N) is 2. The third kappa shape index (κ3) is 5.79. The van der Waals surface area contributed by atoms with E-state index < -0.39 is 30.0 Å². The van der Waals surface area contributed by atoms with E-state index in [1.54, 1.807) is 0 Å². The van der Waals surface area contributed by atoms with Gasteiger partial charge in [0.25, 0.3) is 0 Å². The maximum absolute atomic E-state index is 12.3. The molecule has 0 saturated carbocycles. The Bertz CT molecular complexity index is 1030. The van der Waals surface area contributed by atoms with E-state index in [0.717, 1.165) is 22.3 Å². The van der Waals surface area contributed by atoms with Crippen molar-refractivity contribution in [2.75, 3.05) is 33.5 Å². The molecule has 2 aromatic rings. The Morgan fingerprint density at radius 2 is 1.74 bits per heavy atom. The smallest absolute Gasteiger partial charge is 0.407 e. The molecular weight excluding hydrogens is 456 g/mol. The fourth-order valence-corrected chi connectivity index (χ4v) is 4.40. The van der Waals surface area contributed by atoms with Crippen LogP contribution in [-0.4, -0.2) is 68.8 Å². The molecule has 4 rings (SSSR count). The molecule has 0 spiro atoms. The Labute approximate surface area is 202 Å². The molecule has 1 aliphatic carbocycles. The van der Waals surface area contributed by atoms with Gasteiger partial charge in [-0.25, -0.2) is 15.1 Å². The highest BCUT2D eigenvalue weighted by Crippen LogP contribution is 2.44. The molecule has 186 valence electrons. The van der Waals surface area contributed by atoms with Gasteiger partial charge < -0.3 is 24.6 Å². The predicted octanol–water partition coefficient (Wildman–Crippen LogP) is 2.08. The Morgan fingerprint density at radius 3 is 2.37 bits per heavy atom. The molecule has 3 atom stereocenters. The summed E-state index contributed by atoms with van der Waals surface area (Å²) in [7, 11) is 1.33. The topological polar surface area (TPSA) is 132 Å². The van der Waals surface area contributed by atoms with Crippen molar-refractivity contribution in [1.29, 1.82) is 0 Å². The van der Waals surface area contributed by atoms with Gasteiger partial charge in [-0.15, -0.1) is 0 Å². The van der Waals surface area contributed by atoms with Crippen molar-refractivity contribution in [1.82, 2.24) is 10.8 Å². The highest BCUT2D eigenvalue weighted by atomic mass is 16.7. The molecular formula is C25H28N2O8. The fourth-order valence-electron chi connectivity index (χ4n) is 4.40. The lowest BCUT2D eigenvalue weighted by Crippen LogP contribution is -2.40. The minimum absolute atomic E-state index is 0.0308. The number of hydroxylamine groups is 1. The number of rotatable bonds is 10. The number of fused-ring (bicyclic) bond motifs is 3. The molecule has 0 aromatic heterocycles. The number of amides is 2. The van der Waals surface area contributed by atoms with Crippen LogP contribution in [0.4, 0.5) is 4.79 Å². The summed E-state index contributed by atoms with van der Waals surface area (Å²) in [5, 5.41) is 11.7. The zero-order valence-electron chi connectivity index (χ0n) is 19.3. The number of hydrogen-bond acceptors (Lipinski definition) is 7. The summed E-state index contributed by atoms with van der Waals surface area (Å²) in [6, 6.07) is 16.2. The van der Waals surface area contributed by atoms with Crippen LogP contribution in [0.3, 0.4) is 0 Å².